The minimum Gasteiger partial charge on any atom is -0.508 e. The summed E-state index contributed by atoms with van der Waals surface area (Å²) in [4.78, 5) is 15.6. The number of rotatable bonds is 4. The molecule has 4 rings (SSSR count). The summed E-state index contributed by atoms with van der Waals surface area (Å²) >= 11 is 7.54. The number of aromatic hydroxyl groups is 1. The van der Waals surface area contributed by atoms with Crippen molar-refractivity contribution in [3.8, 4) is 5.75 Å². The summed E-state index contributed by atoms with van der Waals surface area (Å²) in [7, 11) is 0. The smallest absolute Gasteiger partial charge is 0.266 e. The van der Waals surface area contributed by atoms with Gasteiger partial charge in [0.1, 0.15) is 11.1 Å². The Bertz CT molecular complexity index is 1060. The lowest BCUT2D eigenvalue weighted by molar-refractivity contribution is -0.114. The molecule has 0 aromatic heterocycles. The van der Waals surface area contributed by atoms with Crippen molar-refractivity contribution >= 4 is 41.0 Å². The quantitative estimate of drug-likeness (QED) is 0.496. The molecular formula is C24H18ClNO2S. The van der Waals surface area contributed by atoms with Gasteiger partial charge in [-0.2, -0.15) is 0 Å². The number of halogens is 1. The molecule has 1 fully saturated rings. The van der Waals surface area contributed by atoms with Crippen LogP contribution in [-0.4, -0.2) is 11.0 Å². The van der Waals surface area contributed by atoms with Crippen molar-refractivity contribution in [1.29, 1.82) is 0 Å². The summed E-state index contributed by atoms with van der Waals surface area (Å²) in [5, 5.41) is 10.1. The summed E-state index contributed by atoms with van der Waals surface area (Å²) in [5.41, 5.74) is 2.79. The number of amides is 1. The lowest BCUT2D eigenvalue weighted by Gasteiger charge is -2.23. The lowest BCUT2D eigenvalue weighted by atomic mass is 10.2. The average molecular weight is 420 g/mol. The monoisotopic (exact) mass is 419 g/mol. The maximum atomic E-state index is 13.2. The maximum absolute atomic E-state index is 13.2. The molecule has 0 unspecified atom stereocenters. The predicted molar refractivity (Wildman–Crippen MR) is 121 cm³/mol. The molecule has 0 bridgehead atoms. The number of anilines is 1. The van der Waals surface area contributed by atoms with Crippen LogP contribution < -0.4 is 4.90 Å². The Hall–Kier alpha value is -2.95. The van der Waals surface area contributed by atoms with Crippen LogP contribution in [0.1, 0.15) is 16.5 Å². The molecule has 144 valence electrons. The summed E-state index contributed by atoms with van der Waals surface area (Å²) in [5.74, 6) is 0.0935. The van der Waals surface area contributed by atoms with Gasteiger partial charge in [-0.05, 0) is 53.6 Å². The van der Waals surface area contributed by atoms with Crippen LogP contribution in [0, 0.1) is 0 Å². The molecular weight excluding hydrogens is 402 g/mol. The lowest BCUT2D eigenvalue weighted by Crippen LogP contribution is -2.27. The summed E-state index contributed by atoms with van der Waals surface area (Å²) in [6.45, 7) is 0. The van der Waals surface area contributed by atoms with Crippen LogP contribution in [0.15, 0.2) is 95.9 Å². The third-order valence-corrected chi connectivity index (χ3v) is 6.04. The molecule has 0 saturated carbocycles. The first-order valence-electron chi connectivity index (χ1n) is 9.10. The third kappa shape index (κ3) is 4.39. The molecule has 0 radical (unpaired) electrons. The van der Waals surface area contributed by atoms with Crippen LogP contribution >= 0.6 is 23.4 Å². The first kappa shape index (κ1) is 19.4. The van der Waals surface area contributed by atoms with Crippen molar-refractivity contribution in [3.63, 3.8) is 0 Å². The van der Waals surface area contributed by atoms with Crippen molar-refractivity contribution in [3.05, 3.63) is 112 Å². The normalized spacial score (nSPS) is 18.1. The van der Waals surface area contributed by atoms with Gasteiger partial charge in [-0.3, -0.25) is 9.69 Å². The zero-order valence-electron chi connectivity index (χ0n) is 15.4. The topological polar surface area (TPSA) is 40.5 Å². The van der Waals surface area contributed by atoms with Crippen molar-refractivity contribution in [1.82, 2.24) is 0 Å². The molecule has 3 nitrogen and oxygen atoms in total. The Morgan fingerprint density at radius 1 is 0.931 bits per heavy atom. The Labute approximate surface area is 178 Å². The molecule has 1 saturated heterocycles. The highest BCUT2D eigenvalue weighted by molar-refractivity contribution is 8.05. The Morgan fingerprint density at radius 2 is 1.62 bits per heavy atom. The number of thioether (sulfide) groups is 1. The standard InChI is InChI=1S/C24H18ClNO2S/c25-19-11-9-18(10-12-19)24-26(20-13-15-21(27)16-14-20)23(28)22(29-24)8-4-7-17-5-2-1-3-6-17/h1-16,24,27H/b7-4+,22-8-/t24-/m1/s1. The molecule has 0 aliphatic carbocycles. The van der Waals surface area contributed by atoms with E-state index < -0.39 is 0 Å². The van der Waals surface area contributed by atoms with Gasteiger partial charge in [-0.1, -0.05) is 78.0 Å². The van der Waals surface area contributed by atoms with Crippen molar-refractivity contribution < 1.29 is 9.90 Å². The van der Waals surface area contributed by atoms with E-state index in [2.05, 4.69) is 0 Å². The summed E-state index contributed by atoms with van der Waals surface area (Å²) < 4.78 is 0. The number of carbonyl (C=O) groups is 1. The third-order valence-electron chi connectivity index (χ3n) is 4.52. The van der Waals surface area contributed by atoms with Gasteiger partial charge in [0, 0.05) is 10.7 Å². The number of hydrogen-bond acceptors (Lipinski definition) is 3. The van der Waals surface area contributed by atoms with Crippen molar-refractivity contribution in [2.75, 3.05) is 4.90 Å². The van der Waals surface area contributed by atoms with Crippen LogP contribution in [0.2, 0.25) is 5.02 Å². The summed E-state index contributed by atoms with van der Waals surface area (Å²) in [6.07, 6.45) is 5.72. The number of phenolic OH excluding ortho intramolecular Hbond substituents is 1. The average Bonchev–Trinajstić information content (AvgIpc) is 3.06. The van der Waals surface area contributed by atoms with Crippen molar-refractivity contribution in [2.45, 2.75) is 5.37 Å². The zero-order chi connectivity index (χ0) is 20.2. The van der Waals surface area contributed by atoms with Crippen LogP contribution in [0.25, 0.3) is 6.08 Å². The van der Waals surface area contributed by atoms with E-state index in [4.69, 9.17) is 11.6 Å². The first-order chi connectivity index (χ1) is 14.1. The molecule has 5 heteroatoms. The van der Waals surface area contributed by atoms with Gasteiger partial charge in [0.15, 0.2) is 0 Å². The van der Waals surface area contributed by atoms with E-state index in [0.717, 1.165) is 16.8 Å². The molecule has 1 aliphatic rings. The van der Waals surface area contributed by atoms with Crippen LogP contribution in [0.5, 0.6) is 5.75 Å². The number of benzene rings is 3. The van der Waals surface area contributed by atoms with Gasteiger partial charge in [-0.25, -0.2) is 0 Å². The number of carbonyl (C=O) groups excluding carboxylic acids is 1. The fraction of sp³-hybridized carbons (Fsp3) is 0.0417. The fourth-order valence-electron chi connectivity index (χ4n) is 3.08. The second-order valence-electron chi connectivity index (χ2n) is 6.51. The van der Waals surface area contributed by atoms with Gasteiger partial charge >= 0.3 is 0 Å². The number of phenols is 1. The molecule has 1 N–H and O–H groups in total. The highest BCUT2D eigenvalue weighted by Gasteiger charge is 2.37. The van der Waals surface area contributed by atoms with E-state index in [1.165, 1.54) is 11.8 Å². The molecule has 1 aliphatic heterocycles. The van der Waals surface area contributed by atoms with Gasteiger partial charge in [0.2, 0.25) is 0 Å². The zero-order valence-corrected chi connectivity index (χ0v) is 17.0. The maximum Gasteiger partial charge on any atom is 0.266 e. The van der Waals surface area contributed by atoms with Crippen LogP contribution in [0.3, 0.4) is 0 Å². The first-order valence-corrected chi connectivity index (χ1v) is 10.4. The molecule has 3 aromatic rings. The van der Waals surface area contributed by atoms with Crippen LogP contribution in [-0.2, 0) is 4.79 Å². The molecule has 1 heterocycles. The van der Waals surface area contributed by atoms with Crippen molar-refractivity contribution in [2.24, 2.45) is 0 Å². The van der Waals surface area contributed by atoms with Gasteiger partial charge < -0.3 is 5.11 Å². The second kappa shape index (κ2) is 8.60. The van der Waals surface area contributed by atoms with Gasteiger partial charge in [0.25, 0.3) is 5.91 Å². The van der Waals surface area contributed by atoms with E-state index >= 15 is 0 Å². The SMILES string of the molecule is O=C1/C(=C/C=C/c2ccccc2)S[C@H](c2ccc(Cl)cc2)N1c1ccc(O)cc1. The van der Waals surface area contributed by atoms with Gasteiger partial charge in [-0.15, -0.1) is 0 Å². The summed E-state index contributed by atoms with van der Waals surface area (Å²) in [6, 6.07) is 24.1. The molecule has 1 amide bonds. The van der Waals surface area contributed by atoms with E-state index in [1.54, 1.807) is 29.2 Å². The van der Waals surface area contributed by atoms with Crippen LogP contribution in [0.4, 0.5) is 5.69 Å². The minimum absolute atomic E-state index is 0.0710. The number of allylic oxidation sites excluding steroid dienone is 2. The van der Waals surface area contributed by atoms with Gasteiger partial charge in [0.05, 0.1) is 4.91 Å². The molecule has 0 spiro atoms. The molecule has 3 aromatic carbocycles. The molecule has 29 heavy (non-hydrogen) atoms. The predicted octanol–water partition coefficient (Wildman–Crippen LogP) is 6.42. The van der Waals surface area contributed by atoms with E-state index in [9.17, 15) is 9.90 Å². The molecule has 1 atom stereocenters. The van der Waals surface area contributed by atoms with E-state index in [0.29, 0.717) is 9.93 Å². The van der Waals surface area contributed by atoms with E-state index in [1.807, 2.05) is 72.8 Å². The second-order valence-corrected chi connectivity index (χ2v) is 8.07. The Morgan fingerprint density at radius 3 is 2.31 bits per heavy atom. The highest BCUT2D eigenvalue weighted by Crippen LogP contribution is 2.48. The number of hydrogen-bond donors (Lipinski definition) is 1. The van der Waals surface area contributed by atoms with E-state index in [-0.39, 0.29) is 17.0 Å². The Kier molecular flexibility index (Phi) is 5.74. The fourth-order valence-corrected chi connectivity index (χ4v) is 4.42. The largest absolute Gasteiger partial charge is 0.508 e. The minimum atomic E-state index is -0.208. The number of nitrogens with zero attached hydrogens (tertiary/aromatic N) is 1. The Balaban J connectivity index is 1.67. The highest BCUT2D eigenvalue weighted by atomic mass is 35.5.